The molecule has 0 fully saturated rings. The quantitative estimate of drug-likeness (QED) is 0.166. The lowest BCUT2D eigenvalue weighted by Crippen LogP contribution is -2.39. The van der Waals surface area contributed by atoms with Gasteiger partial charge in [0.2, 0.25) is 11.9 Å². The third kappa shape index (κ3) is 7.42. The normalized spacial score (nSPS) is 11.2. The zero-order valence-corrected chi connectivity index (χ0v) is 23.5. The molecule has 0 spiro atoms. The summed E-state index contributed by atoms with van der Waals surface area (Å²) in [6.45, 7) is 7.66. The third-order valence-electron chi connectivity index (χ3n) is 6.79. The monoisotopic (exact) mass is 540 g/mol. The molecule has 0 bridgehead atoms. The number of hydrogen-bond donors (Lipinski definition) is 4. The minimum Gasteiger partial charge on any atom is -0.369 e. The molecular weight excluding hydrogens is 503 g/mol. The first-order chi connectivity index (χ1) is 19.3. The lowest BCUT2D eigenvalue weighted by molar-refractivity contribution is -0.125. The number of amides is 1. The summed E-state index contributed by atoms with van der Waals surface area (Å²) in [6.07, 6.45) is 2.77. The first-order valence-electron chi connectivity index (χ1n) is 13.5. The van der Waals surface area contributed by atoms with Crippen molar-refractivity contribution in [2.24, 2.45) is 0 Å². The molecule has 8 heteroatoms. The lowest BCUT2D eigenvalue weighted by Gasteiger charge is -2.24. The van der Waals surface area contributed by atoms with E-state index in [1.165, 1.54) is 12.1 Å². The average molecular weight is 541 g/mol. The molecule has 0 saturated carbocycles. The molecule has 3 aromatic carbocycles. The van der Waals surface area contributed by atoms with E-state index in [1.807, 2.05) is 68.7 Å². The van der Waals surface area contributed by atoms with Crippen molar-refractivity contribution in [3.63, 3.8) is 0 Å². The molecule has 0 aliphatic rings. The fourth-order valence-electron chi connectivity index (χ4n) is 4.33. The van der Waals surface area contributed by atoms with E-state index in [0.29, 0.717) is 18.1 Å². The molecule has 0 unspecified atom stereocenters. The highest BCUT2D eigenvalue weighted by Gasteiger charge is 2.29. The molecule has 4 aromatic rings. The van der Waals surface area contributed by atoms with Crippen LogP contribution in [0.4, 0.5) is 21.8 Å². The molecule has 0 aliphatic carbocycles. The summed E-state index contributed by atoms with van der Waals surface area (Å²) in [6, 6.07) is 22.2. The maximum absolute atomic E-state index is 13.7. The topological polar surface area (TPSA) is 91.0 Å². The highest BCUT2D eigenvalue weighted by molar-refractivity contribution is 5.87. The molecule has 1 heterocycles. The van der Waals surface area contributed by atoms with Crippen LogP contribution in [0.25, 0.3) is 11.1 Å². The molecule has 4 N–H and O–H groups in total. The Labute approximate surface area is 235 Å². The highest BCUT2D eigenvalue weighted by atomic mass is 19.1. The number of halogens is 1. The van der Waals surface area contributed by atoms with Gasteiger partial charge in [0.1, 0.15) is 11.6 Å². The van der Waals surface area contributed by atoms with Gasteiger partial charge in [-0.25, -0.2) is 9.37 Å². The second-order valence-electron chi connectivity index (χ2n) is 10.3. The van der Waals surface area contributed by atoms with Crippen LogP contribution in [-0.2, 0) is 16.8 Å². The molecule has 0 atom stereocenters. The third-order valence-corrected chi connectivity index (χ3v) is 6.79. The van der Waals surface area contributed by atoms with E-state index in [9.17, 15) is 9.18 Å². The van der Waals surface area contributed by atoms with Crippen LogP contribution in [0.1, 0.15) is 37.0 Å². The van der Waals surface area contributed by atoms with Gasteiger partial charge in [-0.3, -0.25) is 4.79 Å². The zero-order valence-electron chi connectivity index (χ0n) is 23.5. The van der Waals surface area contributed by atoms with E-state index >= 15 is 0 Å². The number of carbonyl (C=O) groups excluding carboxylic acids is 1. The standard InChI is InChI=1S/C32H37FN6O/c1-22-8-5-11-27(18-22)38-31-37-21-28(29(39-31)35-17-7-16-34-4)24-14-12-23(13-15-24)20-36-30(40)32(2,3)25-9-6-10-26(33)19-25/h5-6,8-15,18-19,21,34H,7,16-17,20H2,1-4H3,(H,36,40)(H2,35,37,38,39). The van der Waals surface area contributed by atoms with Gasteiger partial charge in [-0.15, -0.1) is 0 Å². The lowest BCUT2D eigenvalue weighted by atomic mass is 9.83. The Hall–Kier alpha value is -4.30. The van der Waals surface area contributed by atoms with Gasteiger partial charge in [-0.2, -0.15) is 4.98 Å². The maximum atomic E-state index is 13.7. The Morgan fingerprint density at radius 3 is 2.48 bits per heavy atom. The van der Waals surface area contributed by atoms with E-state index in [0.717, 1.165) is 53.3 Å². The van der Waals surface area contributed by atoms with Crippen LogP contribution in [0.3, 0.4) is 0 Å². The molecule has 4 rings (SSSR count). The molecule has 1 amide bonds. The van der Waals surface area contributed by atoms with Crippen molar-refractivity contribution in [1.82, 2.24) is 20.6 Å². The number of hydrogen-bond acceptors (Lipinski definition) is 6. The number of benzene rings is 3. The summed E-state index contributed by atoms with van der Waals surface area (Å²) < 4.78 is 13.7. The predicted octanol–water partition coefficient (Wildman–Crippen LogP) is 5.95. The van der Waals surface area contributed by atoms with Gasteiger partial charge in [-0.1, -0.05) is 48.5 Å². The van der Waals surface area contributed by atoms with Gasteiger partial charge in [-0.05, 0) is 87.3 Å². The summed E-state index contributed by atoms with van der Waals surface area (Å²) >= 11 is 0. The van der Waals surface area contributed by atoms with Gasteiger partial charge in [0, 0.05) is 30.5 Å². The van der Waals surface area contributed by atoms with Crippen molar-refractivity contribution in [2.75, 3.05) is 30.8 Å². The number of aromatic nitrogens is 2. The molecule has 0 aliphatic heterocycles. The largest absolute Gasteiger partial charge is 0.369 e. The van der Waals surface area contributed by atoms with Crippen molar-refractivity contribution < 1.29 is 9.18 Å². The second kappa shape index (κ2) is 13.2. The first kappa shape index (κ1) is 28.7. The second-order valence-corrected chi connectivity index (χ2v) is 10.3. The molecular formula is C32H37FN6O. The van der Waals surface area contributed by atoms with E-state index in [2.05, 4.69) is 26.3 Å². The van der Waals surface area contributed by atoms with E-state index in [4.69, 9.17) is 4.98 Å². The van der Waals surface area contributed by atoms with Crippen molar-refractivity contribution in [1.29, 1.82) is 0 Å². The van der Waals surface area contributed by atoms with Crippen molar-refractivity contribution in [3.05, 3.63) is 102 Å². The number of aryl methyl sites for hydroxylation is 1. The Kier molecular flexibility index (Phi) is 9.45. The van der Waals surface area contributed by atoms with Gasteiger partial charge in [0.05, 0.1) is 5.41 Å². The minimum atomic E-state index is -0.860. The highest BCUT2D eigenvalue weighted by Crippen LogP contribution is 2.28. The van der Waals surface area contributed by atoms with Crippen LogP contribution in [0.2, 0.25) is 0 Å². The molecule has 0 saturated heterocycles. The van der Waals surface area contributed by atoms with Gasteiger partial charge >= 0.3 is 0 Å². The van der Waals surface area contributed by atoms with E-state index in [-0.39, 0.29) is 11.7 Å². The summed E-state index contributed by atoms with van der Waals surface area (Å²) in [7, 11) is 1.94. The van der Waals surface area contributed by atoms with E-state index < -0.39 is 5.41 Å². The van der Waals surface area contributed by atoms with Crippen molar-refractivity contribution in [2.45, 2.75) is 39.2 Å². The minimum absolute atomic E-state index is 0.166. The Balaban J connectivity index is 1.47. The smallest absolute Gasteiger partial charge is 0.230 e. The average Bonchev–Trinajstić information content (AvgIpc) is 2.94. The predicted molar refractivity (Wildman–Crippen MR) is 160 cm³/mol. The molecule has 40 heavy (non-hydrogen) atoms. The number of anilines is 3. The summed E-state index contributed by atoms with van der Waals surface area (Å²) in [4.78, 5) is 22.3. The fourth-order valence-corrected chi connectivity index (χ4v) is 4.33. The van der Waals surface area contributed by atoms with Gasteiger partial charge in [0.25, 0.3) is 0 Å². The van der Waals surface area contributed by atoms with Gasteiger partial charge < -0.3 is 21.3 Å². The van der Waals surface area contributed by atoms with Crippen LogP contribution in [-0.4, -0.2) is 36.0 Å². The van der Waals surface area contributed by atoms with Crippen LogP contribution < -0.4 is 21.3 Å². The van der Waals surface area contributed by atoms with Crippen molar-refractivity contribution in [3.8, 4) is 11.1 Å². The zero-order chi connectivity index (χ0) is 28.5. The number of nitrogens with zero attached hydrogens (tertiary/aromatic N) is 2. The summed E-state index contributed by atoms with van der Waals surface area (Å²) in [5, 5.41) is 12.9. The first-order valence-corrected chi connectivity index (χ1v) is 13.5. The molecule has 208 valence electrons. The Bertz CT molecular complexity index is 1440. The van der Waals surface area contributed by atoms with Crippen LogP contribution in [0.5, 0.6) is 0 Å². The Morgan fingerprint density at radius 1 is 0.975 bits per heavy atom. The van der Waals surface area contributed by atoms with Gasteiger partial charge in [0.15, 0.2) is 0 Å². The summed E-state index contributed by atoms with van der Waals surface area (Å²) in [5.74, 6) is 0.748. The van der Waals surface area contributed by atoms with Crippen LogP contribution >= 0.6 is 0 Å². The number of nitrogens with one attached hydrogen (secondary N) is 4. The summed E-state index contributed by atoms with van der Waals surface area (Å²) in [5.41, 5.74) is 4.67. The molecule has 1 aromatic heterocycles. The fraction of sp³-hybridized carbons (Fsp3) is 0.281. The van der Waals surface area contributed by atoms with Crippen LogP contribution in [0.15, 0.2) is 79.0 Å². The molecule has 0 radical (unpaired) electrons. The SMILES string of the molecule is CNCCCNc1nc(Nc2cccc(C)c2)ncc1-c1ccc(CNC(=O)C(C)(C)c2cccc(F)c2)cc1. The molecule has 7 nitrogen and oxygen atoms in total. The Morgan fingerprint density at radius 2 is 1.75 bits per heavy atom. The van der Waals surface area contributed by atoms with E-state index in [1.54, 1.807) is 26.0 Å². The number of rotatable bonds is 12. The van der Waals surface area contributed by atoms with Crippen LogP contribution in [0, 0.1) is 12.7 Å². The number of carbonyl (C=O) groups is 1. The maximum Gasteiger partial charge on any atom is 0.230 e. The van der Waals surface area contributed by atoms with Crippen molar-refractivity contribution >= 4 is 23.4 Å².